The maximum absolute atomic E-state index is 13.7. The lowest BCUT2D eigenvalue weighted by Gasteiger charge is -2.48. The van der Waals surface area contributed by atoms with Gasteiger partial charge in [-0.15, -0.1) is 0 Å². The smallest absolute Gasteiger partial charge is 0.193 e. The molecule has 0 bridgehead atoms. The quantitative estimate of drug-likeness (QED) is 0.704. The van der Waals surface area contributed by atoms with E-state index in [4.69, 9.17) is 0 Å². The van der Waals surface area contributed by atoms with Crippen LogP contribution in [0, 0.1) is 11.6 Å². The van der Waals surface area contributed by atoms with Crippen molar-refractivity contribution < 1.29 is 18.4 Å². The molecule has 0 heterocycles. The van der Waals surface area contributed by atoms with Gasteiger partial charge in [0, 0.05) is 23.5 Å². The van der Waals surface area contributed by atoms with Gasteiger partial charge in [0.05, 0.1) is 0 Å². The van der Waals surface area contributed by atoms with Crippen LogP contribution >= 0.6 is 0 Å². The summed E-state index contributed by atoms with van der Waals surface area (Å²) < 4.78 is 27.4. The van der Waals surface area contributed by atoms with Crippen molar-refractivity contribution in [2.45, 2.75) is 51.9 Å². The van der Waals surface area contributed by atoms with Crippen molar-refractivity contribution in [2.24, 2.45) is 0 Å². The number of hydrogen-bond acceptors (Lipinski definition) is 4. The number of halogens is 2. The molecule has 1 aliphatic carbocycles. The van der Waals surface area contributed by atoms with Gasteiger partial charge in [-0.1, -0.05) is 12.1 Å². The highest BCUT2D eigenvalue weighted by Gasteiger charge is 2.55. The van der Waals surface area contributed by atoms with E-state index in [1.165, 1.54) is 24.3 Å². The van der Waals surface area contributed by atoms with Gasteiger partial charge in [-0.05, 0) is 64.1 Å². The van der Waals surface area contributed by atoms with Gasteiger partial charge in [0.25, 0.3) is 0 Å². The molecule has 0 aliphatic heterocycles. The van der Waals surface area contributed by atoms with Crippen molar-refractivity contribution in [1.29, 1.82) is 0 Å². The maximum Gasteiger partial charge on any atom is 0.193 e. The summed E-state index contributed by atoms with van der Waals surface area (Å²) in [6.07, 6.45) is 0. The molecule has 3 rings (SSSR count). The number of Topliss-reactive ketones (excluding diaryl/α,β-unsaturated/α-hetero) is 2. The van der Waals surface area contributed by atoms with Gasteiger partial charge >= 0.3 is 0 Å². The number of carbonyl (C=O) groups is 2. The Hall–Kier alpha value is -2.76. The van der Waals surface area contributed by atoms with Crippen LogP contribution in [0.3, 0.4) is 0 Å². The second-order valence-corrected chi connectivity index (χ2v) is 7.57. The fourth-order valence-corrected chi connectivity index (χ4v) is 3.80. The zero-order valence-corrected chi connectivity index (χ0v) is 16.4. The number of anilines is 2. The Bertz CT molecular complexity index is 812. The van der Waals surface area contributed by atoms with E-state index in [9.17, 15) is 18.4 Å². The average Bonchev–Trinajstić information content (AvgIpc) is 2.63. The van der Waals surface area contributed by atoms with Crippen LogP contribution in [0.5, 0.6) is 0 Å². The summed E-state index contributed by atoms with van der Waals surface area (Å²) in [6, 6.07) is 9.46. The van der Waals surface area contributed by atoms with Crippen LogP contribution < -0.4 is 9.80 Å². The molecule has 0 amide bonds. The molecule has 0 atom stereocenters. The summed E-state index contributed by atoms with van der Waals surface area (Å²) in [5.74, 6) is -1.38. The average molecular weight is 386 g/mol. The van der Waals surface area contributed by atoms with Gasteiger partial charge in [-0.2, -0.15) is 0 Å². The van der Waals surface area contributed by atoms with E-state index in [0.717, 1.165) is 0 Å². The molecule has 0 aromatic heterocycles. The van der Waals surface area contributed by atoms with Crippen molar-refractivity contribution in [3.05, 3.63) is 60.2 Å². The monoisotopic (exact) mass is 386 g/mol. The summed E-state index contributed by atoms with van der Waals surface area (Å²) in [4.78, 5) is 29.5. The Morgan fingerprint density at radius 1 is 0.714 bits per heavy atom. The largest absolute Gasteiger partial charge is 0.352 e. The van der Waals surface area contributed by atoms with Gasteiger partial charge in [0.15, 0.2) is 23.7 Å². The van der Waals surface area contributed by atoms with E-state index in [0.29, 0.717) is 11.4 Å². The van der Waals surface area contributed by atoms with Crippen molar-refractivity contribution in [3.63, 3.8) is 0 Å². The second-order valence-electron chi connectivity index (χ2n) is 7.57. The SMILES string of the molecule is CC(C)N(c1cccc(F)c1)C1C(=O)C(N(c2cccc(F)c2)C(C)C)C1=O. The van der Waals surface area contributed by atoms with Gasteiger partial charge < -0.3 is 9.80 Å². The Morgan fingerprint density at radius 2 is 1.07 bits per heavy atom. The highest BCUT2D eigenvalue weighted by Crippen LogP contribution is 2.33. The molecule has 4 nitrogen and oxygen atoms in total. The first-order valence-corrected chi connectivity index (χ1v) is 9.37. The normalized spacial score (nSPS) is 19.1. The Kier molecular flexibility index (Phi) is 5.49. The van der Waals surface area contributed by atoms with Crippen LogP contribution in [-0.4, -0.2) is 35.7 Å². The lowest BCUT2D eigenvalue weighted by atomic mass is 9.79. The number of rotatable bonds is 6. The molecular weight excluding hydrogens is 362 g/mol. The third kappa shape index (κ3) is 3.51. The minimum Gasteiger partial charge on any atom is -0.352 e. The molecule has 6 heteroatoms. The van der Waals surface area contributed by atoms with E-state index >= 15 is 0 Å². The molecule has 0 unspecified atom stereocenters. The number of nitrogens with zero attached hydrogens (tertiary/aromatic N) is 2. The summed E-state index contributed by atoms with van der Waals surface area (Å²) in [7, 11) is 0. The standard InChI is InChI=1S/C22H24F2N2O2/c1-13(2)25(17-9-5-7-15(23)11-17)19-21(27)20(22(19)28)26(14(3)4)18-10-6-8-16(24)12-18/h5-14,19-20H,1-4H3. The van der Waals surface area contributed by atoms with Gasteiger partial charge in [0.1, 0.15) is 11.6 Å². The lowest BCUT2D eigenvalue weighted by Crippen LogP contribution is -2.72. The number of ketones is 2. The highest BCUT2D eigenvalue weighted by molar-refractivity contribution is 6.33. The number of carbonyl (C=O) groups excluding carboxylic acids is 2. The summed E-state index contributed by atoms with van der Waals surface area (Å²) >= 11 is 0. The highest BCUT2D eigenvalue weighted by atomic mass is 19.1. The van der Waals surface area contributed by atoms with E-state index in [2.05, 4.69) is 0 Å². The van der Waals surface area contributed by atoms with Gasteiger partial charge in [-0.3, -0.25) is 9.59 Å². The summed E-state index contributed by atoms with van der Waals surface area (Å²) in [5, 5.41) is 0. The molecular formula is C22H24F2N2O2. The second kappa shape index (κ2) is 7.70. The molecule has 0 spiro atoms. The van der Waals surface area contributed by atoms with Crippen LogP contribution in [0.4, 0.5) is 20.2 Å². The van der Waals surface area contributed by atoms with E-state index < -0.39 is 23.7 Å². The number of benzene rings is 2. The predicted octanol–water partition coefficient (Wildman–Crippen LogP) is 3.98. The molecule has 1 aliphatic rings. The van der Waals surface area contributed by atoms with Crippen molar-refractivity contribution in [2.75, 3.05) is 9.80 Å². The third-order valence-electron chi connectivity index (χ3n) is 4.96. The van der Waals surface area contributed by atoms with Crippen LogP contribution in [0.1, 0.15) is 27.7 Å². The first kappa shape index (κ1) is 20.0. The molecule has 2 aromatic carbocycles. The molecule has 1 saturated carbocycles. The van der Waals surface area contributed by atoms with E-state index in [1.54, 1.807) is 34.1 Å². The lowest BCUT2D eigenvalue weighted by molar-refractivity contribution is -0.142. The molecule has 1 fully saturated rings. The van der Waals surface area contributed by atoms with Crippen LogP contribution in [0.15, 0.2) is 48.5 Å². The van der Waals surface area contributed by atoms with E-state index in [1.807, 2.05) is 27.7 Å². The Labute approximate surface area is 163 Å². The predicted molar refractivity (Wildman–Crippen MR) is 106 cm³/mol. The minimum atomic E-state index is -0.971. The van der Waals surface area contributed by atoms with E-state index in [-0.39, 0.29) is 23.7 Å². The van der Waals surface area contributed by atoms with Gasteiger partial charge in [0.2, 0.25) is 0 Å². The van der Waals surface area contributed by atoms with Crippen LogP contribution in [0.2, 0.25) is 0 Å². The first-order valence-electron chi connectivity index (χ1n) is 9.37. The van der Waals surface area contributed by atoms with Gasteiger partial charge in [-0.25, -0.2) is 8.78 Å². The fourth-order valence-electron chi connectivity index (χ4n) is 3.80. The third-order valence-corrected chi connectivity index (χ3v) is 4.96. The van der Waals surface area contributed by atoms with Crippen LogP contribution in [0.25, 0.3) is 0 Å². The maximum atomic E-state index is 13.7. The number of hydrogen-bond donors (Lipinski definition) is 0. The fraction of sp³-hybridized carbons (Fsp3) is 0.364. The minimum absolute atomic E-state index is 0.178. The van der Waals surface area contributed by atoms with Crippen LogP contribution in [-0.2, 0) is 9.59 Å². The zero-order chi connectivity index (χ0) is 20.6. The molecule has 28 heavy (non-hydrogen) atoms. The van der Waals surface area contributed by atoms with Crippen molar-refractivity contribution >= 4 is 22.9 Å². The van der Waals surface area contributed by atoms with Crippen molar-refractivity contribution in [1.82, 2.24) is 0 Å². The zero-order valence-electron chi connectivity index (χ0n) is 16.4. The first-order chi connectivity index (χ1) is 13.2. The van der Waals surface area contributed by atoms with Crippen molar-refractivity contribution in [3.8, 4) is 0 Å². The molecule has 2 aromatic rings. The molecule has 0 saturated heterocycles. The molecule has 0 radical (unpaired) electrons. The summed E-state index contributed by atoms with van der Waals surface area (Å²) in [6.45, 7) is 7.41. The summed E-state index contributed by atoms with van der Waals surface area (Å²) in [5.41, 5.74) is 0.976. The topological polar surface area (TPSA) is 40.6 Å². The Balaban J connectivity index is 1.93. The molecule has 0 N–H and O–H groups in total. The molecule has 148 valence electrons. The Morgan fingerprint density at radius 3 is 1.36 bits per heavy atom.